The second kappa shape index (κ2) is 5.43. The highest BCUT2D eigenvalue weighted by Crippen LogP contribution is 2.21. The van der Waals surface area contributed by atoms with Crippen LogP contribution in [-0.4, -0.2) is 24.8 Å². The van der Waals surface area contributed by atoms with Crippen molar-refractivity contribution in [3.05, 3.63) is 12.2 Å². The SMILES string of the molecule is CC(OCC=CCCl)C(F)(F)F. The van der Waals surface area contributed by atoms with E-state index in [1.165, 1.54) is 12.2 Å². The van der Waals surface area contributed by atoms with Crippen molar-refractivity contribution in [3.63, 3.8) is 0 Å². The summed E-state index contributed by atoms with van der Waals surface area (Å²) in [6.07, 6.45) is -3.02. The topological polar surface area (TPSA) is 9.23 Å². The predicted molar refractivity (Wildman–Crippen MR) is 41.3 cm³/mol. The first-order valence-electron chi connectivity index (χ1n) is 3.37. The van der Waals surface area contributed by atoms with Crippen molar-refractivity contribution in [2.75, 3.05) is 12.5 Å². The van der Waals surface area contributed by atoms with Gasteiger partial charge in [0.1, 0.15) is 0 Å². The van der Waals surface area contributed by atoms with E-state index in [9.17, 15) is 13.2 Å². The van der Waals surface area contributed by atoms with Crippen molar-refractivity contribution < 1.29 is 17.9 Å². The minimum absolute atomic E-state index is 0.0621. The maximum atomic E-state index is 11.8. The molecule has 0 aromatic carbocycles. The lowest BCUT2D eigenvalue weighted by atomic mass is 10.4. The van der Waals surface area contributed by atoms with Crippen molar-refractivity contribution in [3.8, 4) is 0 Å². The molecule has 0 rings (SSSR count). The fraction of sp³-hybridized carbons (Fsp3) is 0.714. The first kappa shape index (κ1) is 11.8. The zero-order valence-electron chi connectivity index (χ0n) is 6.57. The Bertz CT molecular complexity index is 144. The normalized spacial score (nSPS) is 15.4. The number of allylic oxidation sites excluding steroid dienone is 1. The molecule has 0 heterocycles. The summed E-state index contributed by atoms with van der Waals surface area (Å²) in [5.41, 5.74) is 0. The number of alkyl halides is 4. The summed E-state index contributed by atoms with van der Waals surface area (Å²) in [5.74, 6) is 0.282. The Hall–Kier alpha value is -0.220. The maximum Gasteiger partial charge on any atom is 0.414 e. The van der Waals surface area contributed by atoms with Crippen LogP contribution in [-0.2, 0) is 4.74 Å². The van der Waals surface area contributed by atoms with E-state index in [0.717, 1.165) is 6.92 Å². The van der Waals surface area contributed by atoms with Crippen LogP contribution >= 0.6 is 11.6 Å². The molecule has 0 fully saturated rings. The molecule has 0 aliphatic heterocycles. The van der Waals surface area contributed by atoms with Gasteiger partial charge in [-0.1, -0.05) is 12.2 Å². The van der Waals surface area contributed by atoms with E-state index in [4.69, 9.17) is 11.6 Å². The highest BCUT2D eigenvalue weighted by Gasteiger charge is 2.36. The van der Waals surface area contributed by atoms with Crippen LogP contribution in [0.15, 0.2) is 12.2 Å². The fourth-order valence-electron chi connectivity index (χ4n) is 0.425. The van der Waals surface area contributed by atoms with E-state index >= 15 is 0 Å². The lowest BCUT2D eigenvalue weighted by molar-refractivity contribution is -0.211. The minimum atomic E-state index is -4.28. The Morgan fingerprint density at radius 1 is 1.42 bits per heavy atom. The molecule has 0 saturated heterocycles. The van der Waals surface area contributed by atoms with E-state index in [-0.39, 0.29) is 12.5 Å². The second-order valence-electron chi connectivity index (χ2n) is 2.14. The molecule has 0 N–H and O–H groups in total. The molecule has 0 saturated carbocycles. The largest absolute Gasteiger partial charge is 0.414 e. The van der Waals surface area contributed by atoms with E-state index in [2.05, 4.69) is 4.74 Å². The van der Waals surface area contributed by atoms with E-state index in [1.807, 2.05) is 0 Å². The highest BCUT2D eigenvalue weighted by molar-refractivity contribution is 6.18. The molecule has 72 valence electrons. The van der Waals surface area contributed by atoms with Gasteiger partial charge >= 0.3 is 6.18 Å². The molecule has 12 heavy (non-hydrogen) atoms. The number of hydrogen-bond donors (Lipinski definition) is 0. The summed E-state index contributed by atoms with van der Waals surface area (Å²) < 4.78 is 39.8. The molecule has 5 heteroatoms. The van der Waals surface area contributed by atoms with Crippen molar-refractivity contribution in [2.45, 2.75) is 19.2 Å². The van der Waals surface area contributed by atoms with Gasteiger partial charge in [-0.05, 0) is 6.92 Å². The molecule has 1 atom stereocenters. The van der Waals surface area contributed by atoms with Crippen molar-refractivity contribution in [1.82, 2.24) is 0 Å². The Kier molecular flexibility index (Phi) is 5.33. The second-order valence-corrected chi connectivity index (χ2v) is 2.45. The summed E-state index contributed by atoms with van der Waals surface area (Å²) >= 11 is 5.24. The summed E-state index contributed by atoms with van der Waals surface area (Å²) in [4.78, 5) is 0. The van der Waals surface area contributed by atoms with Crippen LogP contribution in [0.25, 0.3) is 0 Å². The summed E-state index contributed by atoms with van der Waals surface area (Å²) in [7, 11) is 0. The predicted octanol–water partition coefficient (Wildman–Crippen LogP) is 2.75. The van der Waals surface area contributed by atoms with E-state index in [0.29, 0.717) is 0 Å². The minimum Gasteiger partial charge on any atom is -0.365 e. The van der Waals surface area contributed by atoms with E-state index in [1.54, 1.807) is 0 Å². The Balaban J connectivity index is 3.58. The Labute approximate surface area is 74.2 Å². The van der Waals surface area contributed by atoms with Crippen LogP contribution in [0.2, 0.25) is 0 Å². The summed E-state index contributed by atoms with van der Waals surface area (Å²) in [6, 6.07) is 0. The third-order valence-corrected chi connectivity index (χ3v) is 1.34. The van der Waals surface area contributed by atoms with Crippen LogP contribution in [0.4, 0.5) is 13.2 Å². The van der Waals surface area contributed by atoms with Crippen LogP contribution in [0.5, 0.6) is 0 Å². The van der Waals surface area contributed by atoms with Gasteiger partial charge in [-0.15, -0.1) is 11.6 Å². The zero-order chi connectivity index (χ0) is 9.61. The van der Waals surface area contributed by atoms with Crippen molar-refractivity contribution in [1.29, 1.82) is 0 Å². The molecule has 0 aromatic heterocycles. The third kappa shape index (κ3) is 5.43. The summed E-state index contributed by atoms with van der Waals surface area (Å²) in [5, 5.41) is 0. The molecule has 0 spiro atoms. The molecule has 0 aliphatic carbocycles. The van der Waals surface area contributed by atoms with Crippen molar-refractivity contribution in [2.24, 2.45) is 0 Å². The molecular formula is C7H10ClF3O. The molecule has 0 aromatic rings. The van der Waals surface area contributed by atoms with Crippen LogP contribution in [0, 0.1) is 0 Å². The Morgan fingerprint density at radius 3 is 2.42 bits per heavy atom. The zero-order valence-corrected chi connectivity index (χ0v) is 7.32. The molecule has 0 bridgehead atoms. The van der Waals surface area contributed by atoms with Gasteiger partial charge < -0.3 is 4.74 Å². The molecule has 1 unspecified atom stereocenters. The van der Waals surface area contributed by atoms with Gasteiger partial charge in [0.2, 0.25) is 0 Å². The van der Waals surface area contributed by atoms with Gasteiger partial charge in [0, 0.05) is 5.88 Å². The first-order chi connectivity index (χ1) is 5.48. The average Bonchev–Trinajstić information content (AvgIpc) is 1.96. The lowest BCUT2D eigenvalue weighted by Gasteiger charge is -2.14. The van der Waals surface area contributed by atoms with Gasteiger partial charge in [0.05, 0.1) is 6.61 Å². The quantitative estimate of drug-likeness (QED) is 0.503. The first-order valence-corrected chi connectivity index (χ1v) is 3.91. The van der Waals surface area contributed by atoms with Crippen LogP contribution in [0.3, 0.4) is 0 Å². The van der Waals surface area contributed by atoms with E-state index < -0.39 is 12.3 Å². The van der Waals surface area contributed by atoms with Gasteiger partial charge in [0.15, 0.2) is 6.10 Å². The lowest BCUT2D eigenvalue weighted by Crippen LogP contribution is -2.28. The average molecular weight is 203 g/mol. The van der Waals surface area contributed by atoms with Gasteiger partial charge in [0.25, 0.3) is 0 Å². The number of halogens is 4. The van der Waals surface area contributed by atoms with Gasteiger partial charge in [-0.3, -0.25) is 0 Å². The molecule has 0 radical (unpaired) electrons. The smallest absolute Gasteiger partial charge is 0.365 e. The number of rotatable bonds is 4. The maximum absolute atomic E-state index is 11.8. The monoisotopic (exact) mass is 202 g/mol. The summed E-state index contributed by atoms with van der Waals surface area (Å²) in [6.45, 7) is 0.905. The van der Waals surface area contributed by atoms with Crippen molar-refractivity contribution >= 4 is 11.6 Å². The fourth-order valence-corrected chi connectivity index (χ4v) is 0.551. The molecule has 1 nitrogen and oxygen atoms in total. The third-order valence-electron chi connectivity index (χ3n) is 1.16. The molecule has 0 aliphatic rings. The standard InChI is InChI=1S/C7H10ClF3O/c1-6(7(9,10)11)12-5-3-2-4-8/h2-3,6H,4-5H2,1H3. The van der Waals surface area contributed by atoms with Gasteiger partial charge in [-0.2, -0.15) is 13.2 Å². The number of hydrogen-bond acceptors (Lipinski definition) is 1. The number of ether oxygens (including phenoxy) is 1. The molecule has 0 amide bonds. The highest BCUT2D eigenvalue weighted by atomic mass is 35.5. The van der Waals surface area contributed by atoms with Gasteiger partial charge in [-0.25, -0.2) is 0 Å². The Morgan fingerprint density at radius 2 is 2.00 bits per heavy atom. The van der Waals surface area contributed by atoms with Crippen LogP contribution in [0.1, 0.15) is 6.92 Å². The van der Waals surface area contributed by atoms with Crippen LogP contribution < -0.4 is 0 Å². The molecular weight excluding hydrogens is 193 g/mol.